The highest BCUT2D eigenvalue weighted by atomic mass is 35.5. The van der Waals surface area contributed by atoms with Crippen LogP contribution in [0.5, 0.6) is 0 Å². The molecule has 0 radical (unpaired) electrons. The molecular weight excluding hydrogens is 359 g/mol. The summed E-state index contributed by atoms with van der Waals surface area (Å²) in [5.41, 5.74) is 1.59. The monoisotopic (exact) mass is 372 g/mol. The molecule has 7 heteroatoms. The van der Waals surface area contributed by atoms with Crippen molar-refractivity contribution in [1.82, 2.24) is 9.88 Å². The molecule has 122 valence electrons. The Morgan fingerprint density at radius 3 is 2.22 bits per heavy atom. The van der Waals surface area contributed by atoms with Gasteiger partial charge in [-0.1, -0.05) is 34.8 Å². The zero-order valence-electron chi connectivity index (χ0n) is 12.6. The van der Waals surface area contributed by atoms with E-state index in [1.54, 1.807) is 18.3 Å². The number of hydrogen-bond donors (Lipinski definition) is 2. The molecule has 4 nitrogen and oxygen atoms in total. The number of nitrogens with one attached hydrogen (secondary N) is 1. The summed E-state index contributed by atoms with van der Waals surface area (Å²) in [6, 6.07) is 3.11. The molecule has 1 aromatic heterocycles. The molecule has 0 spiro atoms. The highest BCUT2D eigenvalue weighted by molar-refractivity contribution is 6.42. The van der Waals surface area contributed by atoms with E-state index in [1.807, 2.05) is 19.0 Å². The smallest absolute Gasteiger partial charge is 0.338 e. The minimum Gasteiger partial charge on any atom is -0.478 e. The van der Waals surface area contributed by atoms with Crippen molar-refractivity contribution >= 4 is 40.8 Å². The Morgan fingerprint density at radius 1 is 1.22 bits per heavy atom. The van der Waals surface area contributed by atoms with Crippen LogP contribution in [-0.2, 0) is 5.54 Å². The van der Waals surface area contributed by atoms with E-state index in [1.165, 1.54) is 0 Å². The number of carbonyl (C=O) groups is 1. The first-order chi connectivity index (χ1) is 10.8. The van der Waals surface area contributed by atoms with Crippen LogP contribution in [0.2, 0.25) is 15.1 Å². The maximum atomic E-state index is 11.9. The summed E-state index contributed by atoms with van der Waals surface area (Å²) in [5, 5.41) is 10.8. The Bertz CT molecular complexity index is 772. The first kappa shape index (κ1) is 16.7. The Kier molecular flexibility index (Phi) is 4.13. The Hall–Kier alpha value is -1.20. The van der Waals surface area contributed by atoms with Crippen molar-refractivity contribution in [2.24, 2.45) is 0 Å². The van der Waals surface area contributed by atoms with E-state index in [0.29, 0.717) is 31.9 Å². The molecule has 0 aliphatic heterocycles. The third kappa shape index (κ3) is 2.64. The standard InChI is InChI=1S/C16H15Cl3N2O2/c1-21(2)16(3-4-16)14-13(15(22)23)9(7-20-14)12-10(18)5-8(17)6-11(12)19/h5-7,20H,3-4H2,1-2H3,(H,22,23). The van der Waals surface area contributed by atoms with Gasteiger partial charge in [-0.25, -0.2) is 4.79 Å². The second kappa shape index (κ2) is 5.71. The van der Waals surface area contributed by atoms with Crippen molar-refractivity contribution in [3.63, 3.8) is 0 Å². The first-order valence-electron chi connectivity index (χ1n) is 7.05. The zero-order valence-corrected chi connectivity index (χ0v) is 14.9. The van der Waals surface area contributed by atoms with Crippen LogP contribution in [0.15, 0.2) is 18.3 Å². The lowest BCUT2D eigenvalue weighted by molar-refractivity contribution is 0.0693. The minimum atomic E-state index is -1.01. The van der Waals surface area contributed by atoms with Gasteiger partial charge < -0.3 is 10.1 Å². The lowest BCUT2D eigenvalue weighted by Crippen LogP contribution is -2.29. The number of carboxylic acid groups (broad SMARTS) is 1. The quantitative estimate of drug-likeness (QED) is 0.802. The van der Waals surface area contributed by atoms with Crippen molar-refractivity contribution in [1.29, 1.82) is 0 Å². The summed E-state index contributed by atoms with van der Waals surface area (Å²) in [7, 11) is 3.89. The molecule has 3 rings (SSSR count). The molecule has 2 N–H and O–H groups in total. The van der Waals surface area contributed by atoms with E-state index in [2.05, 4.69) is 4.98 Å². The highest BCUT2D eigenvalue weighted by Gasteiger charge is 2.50. The van der Waals surface area contributed by atoms with Gasteiger partial charge in [0.15, 0.2) is 0 Å². The summed E-state index contributed by atoms with van der Waals surface area (Å²) in [4.78, 5) is 17.1. The number of hydrogen-bond acceptors (Lipinski definition) is 2. The van der Waals surface area contributed by atoms with Gasteiger partial charge in [-0.15, -0.1) is 0 Å². The minimum absolute atomic E-state index is 0.210. The lowest BCUT2D eigenvalue weighted by atomic mass is 9.98. The summed E-state index contributed by atoms with van der Waals surface area (Å²) in [6.07, 6.45) is 3.47. The average Bonchev–Trinajstić information content (AvgIpc) is 3.12. The normalized spacial score (nSPS) is 15.9. The largest absolute Gasteiger partial charge is 0.478 e. The Labute approximate surface area is 149 Å². The van der Waals surface area contributed by atoms with Crippen molar-refractivity contribution in [3.8, 4) is 11.1 Å². The van der Waals surface area contributed by atoms with Crippen molar-refractivity contribution < 1.29 is 9.90 Å². The topological polar surface area (TPSA) is 56.3 Å². The third-order valence-corrected chi connectivity index (χ3v) is 5.23. The molecule has 0 atom stereocenters. The van der Waals surface area contributed by atoms with Crippen LogP contribution in [0.1, 0.15) is 28.9 Å². The number of halogens is 3. The second-order valence-electron chi connectivity index (χ2n) is 5.93. The predicted molar refractivity (Wildman–Crippen MR) is 92.8 cm³/mol. The van der Waals surface area contributed by atoms with Gasteiger partial charge in [0, 0.05) is 22.3 Å². The van der Waals surface area contributed by atoms with Crippen molar-refractivity contribution in [2.45, 2.75) is 18.4 Å². The van der Waals surface area contributed by atoms with Gasteiger partial charge in [-0.3, -0.25) is 4.90 Å². The fraction of sp³-hybridized carbons (Fsp3) is 0.312. The molecule has 1 heterocycles. The molecule has 2 aromatic rings. The molecule has 0 unspecified atom stereocenters. The number of rotatable bonds is 4. The van der Waals surface area contributed by atoms with Crippen LogP contribution >= 0.6 is 34.8 Å². The molecule has 0 bridgehead atoms. The molecule has 0 saturated heterocycles. The molecule has 1 aliphatic carbocycles. The van der Waals surface area contributed by atoms with Crippen LogP contribution in [0, 0.1) is 0 Å². The summed E-state index contributed by atoms with van der Waals surface area (Å²) in [5.74, 6) is -1.01. The Balaban J connectivity index is 2.24. The Morgan fingerprint density at radius 2 is 1.78 bits per heavy atom. The van der Waals surface area contributed by atoms with Gasteiger partial charge >= 0.3 is 5.97 Å². The van der Waals surface area contributed by atoms with E-state index in [9.17, 15) is 9.90 Å². The predicted octanol–water partition coefficient (Wildman–Crippen LogP) is 4.89. The molecule has 0 amide bonds. The fourth-order valence-corrected chi connectivity index (χ4v) is 4.07. The number of nitrogens with zero attached hydrogens (tertiary/aromatic N) is 1. The van der Waals surface area contributed by atoms with Gasteiger partial charge in [0.25, 0.3) is 0 Å². The molecule has 23 heavy (non-hydrogen) atoms. The number of benzene rings is 1. The fourth-order valence-electron chi connectivity index (χ4n) is 3.05. The number of aromatic nitrogens is 1. The third-order valence-electron chi connectivity index (χ3n) is 4.42. The maximum absolute atomic E-state index is 11.9. The van der Waals surface area contributed by atoms with Crippen molar-refractivity contribution in [2.75, 3.05) is 14.1 Å². The van der Waals surface area contributed by atoms with E-state index in [4.69, 9.17) is 34.8 Å². The number of H-pyrrole nitrogens is 1. The van der Waals surface area contributed by atoms with E-state index >= 15 is 0 Å². The van der Waals surface area contributed by atoms with E-state index < -0.39 is 5.97 Å². The average molecular weight is 374 g/mol. The van der Waals surface area contributed by atoms with Crippen LogP contribution < -0.4 is 0 Å². The summed E-state index contributed by atoms with van der Waals surface area (Å²) < 4.78 is 0. The van der Waals surface area contributed by atoms with Gasteiger partial charge in [0.2, 0.25) is 0 Å². The van der Waals surface area contributed by atoms with Gasteiger partial charge in [-0.2, -0.15) is 0 Å². The van der Waals surface area contributed by atoms with Crippen LogP contribution in [0.25, 0.3) is 11.1 Å². The lowest BCUT2D eigenvalue weighted by Gasteiger charge is -2.23. The van der Waals surface area contributed by atoms with E-state index in [0.717, 1.165) is 12.8 Å². The van der Waals surface area contributed by atoms with Crippen LogP contribution in [0.4, 0.5) is 0 Å². The zero-order chi connectivity index (χ0) is 16.9. The summed E-state index contributed by atoms with van der Waals surface area (Å²) in [6.45, 7) is 0. The van der Waals surface area contributed by atoms with Crippen LogP contribution in [-0.4, -0.2) is 35.1 Å². The summed E-state index contributed by atoms with van der Waals surface area (Å²) >= 11 is 18.5. The highest BCUT2D eigenvalue weighted by Crippen LogP contribution is 2.52. The van der Waals surface area contributed by atoms with E-state index in [-0.39, 0.29) is 11.1 Å². The van der Waals surface area contributed by atoms with Crippen molar-refractivity contribution in [3.05, 3.63) is 44.7 Å². The second-order valence-corrected chi connectivity index (χ2v) is 7.18. The van der Waals surface area contributed by atoms with Gasteiger partial charge in [0.05, 0.1) is 26.8 Å². The first-order valence-corrected chi connectivity index (χ1v) is 8.19. The van der Waals surface area contributed by atoms with Gasteiger partial charge in [-0.05, 0) is 39.1 Å². The molecule has 1 aliphatic rings. The number of aromatic carboxylic acids is 1. The SMILES string of the molecule is CN(C)C1(c2[nH]cc(-c3c(Cl)cc(Cl)cc3Cl)c2C(=O)O)CC1. The van der Waals surface area contributed by atoms with Gasteiger partial charge in [0.1, 0.15) is 0 Å². The maximum Gasteiger partial charge on any atom is 0.338 e. The molecule has 1 saturated carbocycles. The number of aromatic amines is 1. The molecular formula is C16H15Cl3N2O2. The van der Waals surface area contributed by atoms with Crippen LogP contribution in [0.3, 0.4) is 0 Å². The molecule has 1 aromatic carbocycles. The number of carboxylic acids is 1. The molecule has 1 fully saturated rings.